The van der Waals surface area contributed by atoms with E-state index in [0.29, 0.717) is 86.2 Å². The van der Waals surface area contributed by atoms with E-state index in [9.17, 15) is 9.59 Å². The molecule has 0 bridgehead atoms. The Labute approximate surface area is 481 Å². The Kier molecular flexibility index (Phi) is 26.3. The van der Waals surface area contributed by atoms with Gasteiger partial charge >= 0.3 is 0 Å². The van der Waals surface area contributed by atoms with E-state index in [1.54, 1.807) is 50.6 Å². The van der Waals surface area contributed by atoms with Crippen molar-refractivity contribution in [2.75, 3.05) is 157 Å². The number of Topliss-reactive ketones (excluding diaryl/α,β-unsaturated/α-hetero) is 1. The van der Waals surface area contributed by atoms with Crippen molar-refractivity contribution in [1.29, 1.82) is 0 Å². The first-order valence-corrected chi connectivity index (χ1v) is 27.7. The average molecular weight is 1250 g/mol. The number of carbonyl (C=O) groups is 2. The predicted molar refractivity (Wildman–Crippen MR) is 328 cm³/mol. The number of benzene rings is 4. The van der Waals surface area contributed by atoms with Crippen molar-refractivity contribution in [3.05, 3.63) is 101 Å². The number of methoxy groups -OCH3 is 2. The smallest absolute Gasteiger partial charge is 0.206 e. The maximum Gasteiger partial charge on any atom is 0.206 e. The molecule has 1 unspecified atom stereocenters. The van der Waals surface area contributed by atoms with E-state index in [4.69, 9.17) is 52.1 Å². The number of anilines is 6. The van der Waals surface area contributed by atoms with Gasteiger partial charge in [-0.25, -0.2) is 4.98 Å². The fourth-order valence-electron chi connectivity index (χ4n) is 8.12. The molecule has 0 spiro atoms. The van der Waals surface area contributed by atoms with E-state index in [-0.39, 0.29) is 44.3 Å². The molecule has 18 nitrogen and oxygen atoms in total. The Morgan fingerprint density at radius 3 is 1.70 bits per heavy atom. The minimum absolute atomic E-state index is 0. The van der Waals surface area contributed by atoms with Crippen LogP contribution in [-0.4, -0.2) is 167 Å². The van der Waals surface area contributed by atoms with Crippen LogP contribution in [0.25, 0.3) is 0 Å². The number of carbonyl (C=O) groups excluding carboxylic acids is 2. The first-order valence-electron chi connectivity index (χ1n) is 24.4. The number of nitrogens with two attached hydrogens (primary N) is 2. The van der Waals surface area contributed by atoms with Crippen molar-refractivity contribution in [3.63, 3.8) is 0 Å². The molecule has 0 aliphatic carbocycles. The molecule has 0 amide bonds. The van der Waals surface area contributed by atoms with Gasteiger partial charge in [-0.3, -0.25) is 19.4 Å². The Balaban J connectivity index is 0.000000227. The van der Waals surface area contributed by atoms with E-state index in [1.807, 2.05) is 31.2 Å². The molecule has 412 valence electrons. The van der Waals surface area contributed by atoms with E-state index in [0.717, 1.165) is 95.8 Å². The highest BCUT2D eigenvalue weighted by Crippen LogP contribution is 2.35. The molecule has 1 atom stereocenters. The van der Waals surface area contributed by atoms with Crippen LogP contribution in [0, 0.1) is 0 Å². The molecule has 5 aromatic rings. The lowest BCUT2D eigenvalue weighted by molar-refractivity contribution is 0.101. The number of ether oxygens (including phenoxy) is 6. The molecule has 6 N–H and O–H groups in total. The summed E-state index contributed by atoms with van der Waals surface area (Å²) >= 11 is 11.1. The first kappa shape index (κ1) is 62.0. The highest BCUT2D eigenvalue weighted by atomic mass is 79.9. The summed E-state index contributed by atoms with van der Waals surface area (Å²) in [4.78, 5) is 43.0. The summed E-state index contributed by atoms with van der Waals surface area (Å²) in [5, 5.41) is 8.15. The van der Waals surface area contributed by atoms with Crippen LogP contribution in [0.1, 0.15) is 32.5 Å². The second-order valence-corrected chi connectivity index (χ2v) is 20.2. The lowest BCUT2D eigenvalue weighted by Gasteiger charge is -2.36. The number of thiocarbonyl (C=S) groups is 1. The summed E-state index contributed by atoms with van der Waals surface area (Å²) in [6.07, 6.45) is 0. The van der Waals surface area contributed by atoms with Gasteiger partial charge in [0.15, 0.2) is 44.2 Å². The zero-order valence-electron chi connectivity index (χ0n) is 43.1. The quantitative estimate of drug-likeness (QED) is 0.0184. The molecule has 4 aliphatic rings. The standard InChI is InChI=1S/C25H29N5O4S.C17H27N5OS2.C10H9BrO3.BrH.H3P/c1-32-13-12-29-8-10-30(11-9-29)19-5-3-18(4-6-19)27-25-28-24(26)23(35-25)22(31)17-2-7-20-21(16-17)34-15-14-33-20;1-3-25-16(18)20-17(24)19-14-4-6-15(7-5-14)22-10-8-21(9-11-22)12-13-23-2;11-6-8(12)7-1-2-9-10(5-7)14-4-3-13-9;;/h2-7,16H,8-15,26H2,1H3,(H,27,28);4-7H,3,8-13H2,1-2H3,(H3,18,19,20,24);1-2,5H,3-4,6H2;1H;1H3. The number of fused-ring (bicyclic) bond motifs is 2. The number of thioether (sulfide) groups is 1. The van der Waals surface area contributed by atoms with Crippen LogP contribution in [-0.2, 0) is 9.47 Å². The van der Waals surface area contributed by atoms with Crippen molar-refractivity contribution in [2.45, 2.75) is 6.92 Å². The van der Waals surface area contributed by atoms with Crippen molar-refractivity contribution >= 4 is 134 Å². The normalized spacial score (nSPS) is 15.1. The highest BCUT2D eigenvalue weighted by Gasteiger charge is 2.23. The number of nitrogens with zero attached hydrogens (tertiary/aromatic N) is 6. The van der Waals surface area contributed by atoms with Crippen LogP contribution < -0.4 is 50.8 Å². The molecule has 76 heavy (non-hydrogen) atoms. The zero-order chi connectivity index (χ0) is 52.2. The van der Waals surface area contributed by atoms with Crippen molar-refractivity contribution in [2.24, 2.45) is 10.7 Å². The van der Waals surface area contributed by atoms with Gasteiger partial charge in [0.05, 0.1) is 18.5 Å². The third kappa shape index (κ3) is 18.4. The summed E-state index contributed by atoms with van der Waals surface area (Å²) in [5.74, 6) is 3.52. The number of aliphatic imine (C=N–C) groups is 1. The van der Waals surface area contributed by atoms with E-state index in [1.165, 1.54) is 34.5 Å². The molecule has 1 aromatic heterocycles. The third-order valence-corrected chi connectivity index (χ3v) is 14.5. The van der Waals surface area contributed by atoms with E-state index < -0.39 is 0 Å². The minimum atomic E-state index is -0.190. The number of nitrogens with one attached hydrogen (secondary N) is 2. The van der Waals surface area contributed by atoms with Crippen LogP contribution in [0.5, 0.6) is 23.0 Å². The van der Waals surface area contributed by atoms with Crippen molar-refractivity contribution in [1.82, 2.24) is 14.8 Å². The fraction of sp³-hybridized carbons (Fsp3) is 0.404. The third-order valence-electron chi connectivity index (χ3n) is 12.1. The maximum atomic E-state index is 13.1. The van der Waals surface area contributed by atoms with Gasteiger partial charge in [-0.1, -0.05) is 46.0 Å². The van der Waals surface area contributed by atoms with Gasteiger partial charge in [0.25, 0.3) is 0 Å². The molecule has 0 radical (unpaired) electrons. The van der Waals surface area contributed by atoms with Crippen LogP contribution in [0.15, 0.2) is 89.9 Å². The zero-order valence-corrected chi connectivity index (χ0v) is 50.3. The first-order chi connectivity index (χ1) is 36.0. The number of hydrogen-bond acceptors (Lipinski definition) is 18. The summed E-state index contributed by atoms with van der Waals surface area (Å²) in [6.45, 7) is 15.9. The highest BCUT2D eigenvalue weighted by molar-refractivity contribution is 9.09. The summed E-state index contributed by atoms with van der Waals surface area (Å²) < 4.78 is 32.2. The molecular formula is C52H69Br2N10O8PS3. The lowest BCUT2D eigenvalue weighted by atomic mass is 10.1. The molecule has 2 fully saturated rings. The number of hydrogen-bond donors (Lipinski definition) is 4. The van der Waals surface area contributed by atoms with Gasteiger partial charge in [-0.15, -0.1) is 17.0 Å². The van der Waals surface area contributed by atoms with Gasteiger partial charge in [0.1, 0.15) is 37.1 Å². The van der Waals surface area contributed by atoms with Crippen LogP contribution in [0.4, 0.5) is 33.7 Å². The second-order valence-electron chi connectivity index (χ2n) is 17.0. The van der Waals surface area contributed by atoms with Crippen molar-refractivity contribution in [3.8, 4) is 23.0 Å². The van der Waals surface area contributed by atoms with Crippen molar-refractivity contribution < 1.29 is 38.0 Å². The number of ketones is 2. The predicted octanol–water partition coefficient (Wildman–Crippen LogP) is 8.13. The molecule has 0 saturated carbocycles. The number of piperazine rings is 2. The average Bonchev–Trinajstić information content (AvgIpc) is 3.81. The number of alkyl halides is 1. The topological polar surface area (TPSA) is 204 Å². The summed E-state index contributed by atoms with van der Waals surface area (Å²) in [5.41, 5.74) is 17.2. The fourth-order valence-corrected chi connectivity index (χ4v) is 10.0. The molecule has 5 heterocycles. The van der Waals surface area contributed by atoms with Gasteiger partial charge in [0.2, 0.25) is 5.78 Å². The Hall–Kier alpha value is -4.81. The van der Waals surface area contributed by atoms with Crippen LogP contribution >= 0.6 is 78.1 Å². The lowest BCUT2D eigenvalue weighted by Crippen LogP contribution is -2.47. The number of nitrogen functional groups attached to an aromatic ring is 1. The minimum Gasteiger partial charge on any atom is -0.486 e. The van der Waals surface area contributed by atoms with E-state index >= 15 is 0 Å². The Morgan fingerprint density at radius 1 is 0.737 bits per heavy atom. The maximum absolute atomic E-state index is 13.1. The van der Waals surface area contributed by atoms with Gasteiger partial charge in [-0.05, 0) is 103 Å². The SMILES string of the molecule is Br.CCSC(N)=NC(=S)Nc1ccc(N2CCN(CCOC)CC2)cc1.COCCN1CCN(c2ccc(Nc3nc(N)c(C(=O)c4ccc5c(c4)OCCO5)s3)cc2)CC1.O=C(CBr)c1ccc2c(c1)OCCO2.P. The van der Waals surface area contributed by atoms with E-state index in [2.05, 4.69) is 80.4 Å². The second kappa shape index (κ2) is 32.2. The van der Waals surface area contributed by atoms with Gasteiger partial charge in [-0.2, -0.15) is 14.9 Å². The number of aromatic nitrogens is 1. The number of thiazole rings is 1. The monoisotopic (exact) mass is 1250 g/mol. The van der Waals surface area contributed by atoms with Crippen LogP contribution in [0.2, 0.25) is 0 Å². The Morgan fingerprint density at radius 2 is 1.21 bits per heavy atom. The molecule has 4 aromatic carbocycles. The van der Waals surface area contributed by atoms with Crippen LogP contribution in [0.3, 0.4) is 0 Å². The summed E-state index contributed by atoms with van der Waals surface area (Å²) in [6, 6.07) is 26.9. The Bertz CT molecular complexity index is 2660. The summed E-state index contributed by atoms with van der Waals surface area (Å²) in [7, 11) is 3.49. The molecule has 2 saturated heterocycles. The van der Waals surface area contributed by atoms with Gasteiger partial charge in [0, 0.05) is 114 Å². The number of rotatable bonds is 16. The molecular weight excluding hydrogens is 1180 g/mol. The molecule has 4 aliphatic heterocycles. The molecule has 24 heteroatoms. The van der Waals surface area contributed by atoms with Gasteiger partial charge < -0.3 is 60.3 Å². The molecule has 9 rings (SSSR count). The number of amidine groups is 1. The number of halogens is 2. The largest absolute Gasteiger partial charge is 0.486 e.